The van der Waals surface area contributed by atoms with Crippen molar-refractivity contribution in [3.63, 3.8) is 0 Å². The lowest BCUT2D eigenvalue weighted by Gasteiger charge is -2.37. The van der Waals surface area contributed by atoms with Crippen LogP contribution >= 0.6 is 0 Å². The third-order valence-corrected chi connectivity index (χ3v) is 11.3. The zero-order chi connectivity index (χ0) is 41.4. The van der Waals surface area contributed by atoms with Gasteiger partial charge in [-0.2, -0.15) is 0 Å². The van der Waals surface area contributed by atoms with Gasteiger partial charge in [-0.3, -0.25) is 14.4 Å². The summed E-state index contributed by atoms with van der Waals surface area (Å²) < 4.78 is 12.3. The molecule has 5 aromatic rings. The highest BCUT2D eigenvalue weighted by atomic mass is 16.6. The molecule has 58 heavy (non-hydrogen) atoms. The summed E-state index contributed by atoms with van der Waals surface area (Å²) in [5, 5.41) is 2.84. The van der Waals surface area contributed by atoms with Gasteiger partial charge in [0, 0.05) is 36.7 Å². The van der Waals surface area contributed by atoms with Crippen molar-refractivity contribution in [1.29, 1.82) is 0 Å². The van der Waals surface area contributed by atoms with Gasteiger partial charge < -0.3 is 24.6 Å². The van der Waals surface area contributed by atoms with Crippen LogP contribution in [0, 0.1) is 11.8 Å². The van der Waals surface area contributed by atoms with E-state index in [2.05, 4.69) is 17.4 Å². The number of alkyl carbamates (subject to hydrolysis) is 1. The molecule has 3 atom stereocenters. The monoisotopic (exact) mass is 779 g/mol. The first-order valence-corrected chi connectivity index (χ1v) is 20.0. The molecule has 1 aliphatic rings. The lowest BCUT2D eigenvalue weighted by atomic mass is 9.80. The van der Waals surface area contributed by atoms with Crippen molar-refractivity contribution in [2.45, 2.75) is 57.7 Å². The van der Waals surface area contributed by atoms with Crippen LogP contribution in [0.5, 0.6) is 0 Å². The van der Waals surface area contributed by atoms with Crippen molar-refractivity contribution in [2.75, 3.05) is 27.2 Å². The van der Waals surface area contributed by atoms with Gasteiger partial charge in [0.05, 0.1) is 0 Å². The number of hydrogen-bond donors (Lipinski definition) is 1. The van der Waals surface area contributed by atoms with Gasteiger partial charge in [0.25, 0.3) is 0 Å². The van der Waals surface area contributed by atoms with Crippen LogP contribution in [0.1, 0.15) is 67.9 Å². The summed E-state index contributed by atoms with van der Waals surface area (Å²) in [5.74, 6) is -2.23. The van der Waals surface area contributed by atoms with E-state index in [0.29, 0.717) is 6.42 Å². The minimum absolute atomic E-state index is 0.102. The van der Waals surface area contributed by atoms with Crippen LogP contribution in [0.2, 0.25) is 0 Å². The first-order valence-electron chi connectivity index (χ1n) is 20.0. The highest BCUT2D eigenvalue weighted by Gasteiger charge is 2.42. The summed E-state index contributed by atoms with van der Waals surface area (Å²) in [4.78, 5) is 58.8. The second-order valence-corrected chi connectivity index (χ2v) is 15.4. The van der Waals surface area contributed by atoms with Gasteiger partial charge in [-0.05, 0) is 34.1 Å². The predicted molar refractivity (Wildman–Crippen MR) is 226 cm³/mol. The maximum absolute atomic E-state index is 14.3. The molecule has 1 N–H and O–H groups in total. The molecule has 0 saturated carbocycles. The SMILES string of the molecule is CC[C@H](C)[C@H](NC(=O)OCC1c2ccccc2-c2ccccc21)C(=O)N(C)[C@H](C(=O)N(C)CC(=O)OC(c1ccccc1)(c1ccccc1)c1ccccc1)C(C)C. The average molecular weight is 780 g/mol. The van der Waals surface area contributed by atoms with E-state index in [9.17, 15) is 19.2 Å². The molecular weight excluding hydrogens is 727 g/mol. The van der Waals surface area contributed by atoms with Crippen LogP contribution in [0.25, 0.3) is 11.1 Å². The Bertz CT molecular complexity index is 2050. The van der Waals surface area contributed by atoms with E-state index in [0.717, 1.165) is 38.9 Å². The summed E-state index contributed by atoms with van der Waals surface area (Å²) in [5.41, 5.74) is 5.36. The van der Waals surface area contributed by atoms with E-state index in [1.807, 2.05) is 155 Å². The first kappa shape index (κ1) is 41.4. The Kier molecular flexibility index (Phi) is 13.1. The largest absolute Gasteiger partial charge is 0.449 e. The second-order valence-electron chi connectivity index (χ2n) is 15.4. The number of esters is 1. The van der Waals surface area contributed by atoms with Crippen molar-refractivity contribution >= 4 is 23.9 Å². The van der Waals surface area contributed by atoms with E-state index in [4.69, 9.17) is 9.47 Å². The van der Waals surface area contributed by atoms with Crippen LogP contribution in [-0.2, 0) is 29.5 Å². The quantitative estimate of drug-likeness (QED) is 0.0846. The fourth-order valence-electron chi connectivity index (χ4n) is 8.10. The standard InChI is InChI=1S/C49H53N3O6/c1-7-34(4)44(50-48(56)57-32-42-40-29-19-17-27-38(40)39-28-18-20-30-41(39)42)46(54)52(6)45(33(2)3)47(55)51(5)31-43(53)58-49(35-21-11-8-12-22-35,36-23-13-9-14-24-36)37-25-15-10-16-26-37/h8-30,33-34,42,44-45H,7,31-32H2,1-6H3,(H,50,56)/t34-,44-,45-/m0/s1. The first-order chi connectivity index (χ1) is 28.0. The zero-order valence-electron chi connectivity index (χ0n) is 34.1. The number of benzene rings is 5. The van der Waals surface area contributed by atoms with Gasteiger partial charge in [0.1, 0.15) is 25.2 Å². The van der Waals surface area contributed by atoms with E-state index in [1.54, 1.807) is 7.05 Å². The molecule has 6 rings (SSSR count). The zero-order valence-corrected chi connectivity index (χ0v) is 34.1. The number of amides is 3. The molecule has 0 aliphatic heterocycles. The van der Waals surface area contributed by atoms with Gasteiger partial charge in [0.2, 0.25) is 11.8 Å². The molecule has 3 amide bonds. The minimum Gasteiger partial charge on any atom is -0.449 e. The summed E-state index contributed by atoms with van der Waals surface area (Å²) in [6.45, 7) is 7.25. The van der Waals surface area contributed by atoms with Crippen LogP contribution in [0.3, 0.4) is 0 Å². The lowest BCUT2D eigenvalue weighted by Crippen LogP contribution is -2.58. The number of nitrogens with one attached hydrogen (secondary N) is 1. The minimum atomic E-state index is -1.30. The summed E-state index contributed by atoms with van der Waals surface area (Å²) >= 11 is 0. The number of rotatable bonds is 15. The highest BCUT2D eigenvalue weighted by Crippen LogP contribution is 2.45. The maximum Gasteiger partial charge on any atom is 0.407 e. The van der Waals surface area contributed by atoms with E-state index in [-0.39, 0.29) is 30.9 Å². The Morgan fingerprint density at radius 2 is 1.10 bits per heavy atom. The molecule has 9 nitrogen and oxygen atoms in total. The lowest BCUT2D eigenvalue weighted by molar-refractivity contribution is -0.159. The van der Waals surface area contributed by atoms with Gasteiger partial charge >= 0.3 is 12.1 Å². The number of carbonyl (C=O) groups is 4. The third kappa shape index (κ3) is 8.54. The third-order valence-electron chi connectivity index (χ3n) is 11.3. The number of nitrogens with zero attached hydrogens (tertiary/aromatic N) is 2. The molecular formula is C49H53N3O6. The van der Waals surface area contributed by atoms with Crippen molar-refractivity contribution in [1.82, 2.24) is 15.1 Å². The summed E-state index contributed by atoms with van der Waals surface area (Å²) in [7, 11) is 3.10. The second kappa shape index (κ2) is 18.4. The summed E-state index contributed by atoms with van der Waals surface area (Å²) in [6, 6.07) is 42.9. The number of carbonyl (C=O) groups excluding carboxylic acids is 4. The normalized spacial score (nSPS) is 13.7. The Morgan fingerprint density at radius 1 is 0.655 bits per heavy atom. The maximum atomic E-state index is 14.3. The molecule has 0 fully saturated rings. The molecule has 0 spiro atoms. The van der Waals surface area contributed by atoms with Crippen LogP contribution in [-0.4, -0.2) is 73.0 Å². The molecule has 0 heterocycles. The Labute approximate surface area is 342 Å². The van der Waals surface area contributed by atoms with Crippen molar-refractivity contribution in [3.8, 4) is 11.1 Å². The Balaban J connectivity index is 1.17. The van der Waals surface area contributed by atoms with Gasteiger partial charge in [0.15, 0.2) is 5.60 Å². The molecule has 0 saturated heterocycles. The van der Waals surface area contributed by atoms with E-state index < -0.39 is 41.6 Å². The van der Waals surface area contributed by atoms with E-state index in [1.165, 1.54) is 16.8 Å². The molecule has 0 aromatic heterocycles. The molecule has 5 aromatic carbocycles. The van der Waals surface area contributed by atoms with Gasteiger partial charge in [-0.1, -0.05) is 174 Å². The molecule has 0 unspecified atom stereocenters. The molecule has 0 bridgehead atoms. The van der Waals surface area contributed by atoms with Gasteiger partial charge in [-0.25, -0.2) is 4.79 Å². The van der Waals surface area contributed by atoms with Crippen LogP contribution < -0.4 is 5.32 Å². The molecule has 300 valence electrons. The number of fused-ring (bicyclic) bond motifs is 3. The molecule has 1 aliphatic carbocycles. The highest BCUT2D eigenvalue weighted by molar-refractivity contribution is 5.92. The Morgan fingerprint density at radius 3 is 1.55 bits per heavy atom. The van der Waals surface area contributed by atoms with E-state index >= 15 is 0 Å². The fraction of sp³-hybridized carbons (Fsp3) is 0.306. The smallest absolute Gasteiger partial charge is 0.407 e. The summed E-state index contributed by atoms with van der Waals surface area (Å²) in [6.07, 6.45) is -0.119. The Hall–Kier alpha value is -6.22. The average Bonchev–Trinajstić information content (AvgIpc) is 3.57. The van der Waals surface area contributed by atoms with Crippen molar-refractivity contribution in [3.05, 3.63) is 167 Å². The number of hydrogen-bond acceptors (Lipinski definition) is 6. The van der Waals surface area contributed by atoms with Crippen molar-refractivity contribution in [2.24, 2.45) is 11.8 Å². The topological polar surface area (TPSA) is 105 Å². The number of ether oxygens (including phenoxy) is 2. The number of likely N-dealkylation sites (N-methyl/N-ethyl adjacent to an activating group) is 2. The fourth-order valence-corrected chi connectivity index (χ4v) is 8.10. The molecule has 9 heteroatoms. The predicted octanol–water partition coefficient (Wildman–Crippen LogP) is 8.42. The van der Waals surface area contributed by atoms with Crippen LogP contribution in [0.15, 0.2) is 140 Å². The molecule has 0 radical (unpaired) electrons. The van der Waals surface area contributed by atoms with Gasteiger partial charge in [-0.15, -0.1) is 0 Å². The van der Waals surface area contributed by atoms with Crippen LogP contribution in [0.4, 0.5) is 4.79 Å². The van der Waals surface area contributed by atoms with Crippen molar-refractivity contribution < 1.29 is 28.7 Å².